The molecular weight excluding hydrogens is 268 g/mol. The van der Waals surface area contributed by atoms with E-state index in [4.69, 9.17) is 0 Å². The van der Waals surface area contributed by atoms with Crippen molar-refractivity contribution in [1.82, 2.24) is 10.0 Å². The highest BCUT2D eigenvalue weighted by atomic mass is 32.2. The maximum absolute atomic E-state index is 11.8. The molecule has 1 aromatic rings. The molecule has 0 saturated carbocycles. The smallest absolute Gasteiger partial charge is 0.213 e. The van der Waals surface area contributed by atoms with E-state index in [1.807, 2.05) is 38.3 Å². The van der Waals surface area contributed by atoms with Gasteiger partial charge < -0.3 is 5.32 Å². The Morgan fingerprint density at radius 2 is 2.06 bits per heavy atom. The van der Waals surface area contributed by atoms with Gasteiger partial charge >= 0.3 is 0 Å². The number of nitrogens with one attached hydrogen (secondary N) is 2. The van der Waals surface area contributed by atoms with E-state index in [-0.39, 0.29) is 11.8 Å². The van der Waals surface area contributed by atoms with E-state index in [0.717, 1.165) is 6.42 Å². The van der Waals surface area contributed by atoms with Crippen LogP contribution in [0.3, 0.4) is 0 Å². The summed E-state index contributed by atoms with van der Waals surface area (Å²) in [6.07, 6.45) is 0.745. The van der Waals surface area contributed by atoms with E-state index < -0.39 is 10.0 Å². The number of hydrogen-bond donors (Lipinski definition) is 2. The molecule has 0 fully saturated rings. The lowest BCUT2D eigenvalue weighted by Gasteiger charge is -2.14. The molecule has 104 valence electrons. The fourth-order valence-corrected chi connectivity index (χ4v) is 3.66. The van der Waals surface area contributed by atoms with Gasteiger partial charge in [-0.25, -0.2) is 13.1 Å². The highest BCUT2D eigenvalue weighted by Crippen LogP contribution is 2.11. The molecular formula is C12H22N2O2S2. The van der Waals surface area contributed by atoms with Crippen molar-refractivity contribution in [2.75, 3.05) is 12.3 Å². The van der Waals surface area contributed by atoms with E-state index in [2.05, 4.69) is 10.0 Å². The SMILES string of the molecule is CC(C)NCCS(=O)(=O)NC(C)Cc1cccs1. The van der Waals surface area contributed by atoms with Crippen LogP contribution in [0, 0.1) is 0 Å². The number of hydrogen-bond acceptors (Lipinski definition) is 4. The molecule has 6 heteroatoms. The predicted molar refractivity (Wildman–Crippen MR) is 77.5 cm³/mol. The molecule has 0 spiro atoms. The molecule has 0 radical (unpaired) electrons. The third-order valence-electron chi connectivity index (χ3n) is 2.39. The molecule has 1 aromatic heterocycles. The van der Waals surface area contributed by atoms with Crippen LogP contribution in [-0.4, -0.2) is 32.8 Å². The Balaban J connectivity index is 2.35. The second kappa shape index (κ2) is 7.23. The average Bonchev–Trinajstić information content (AvgIpc) is 2.67. The van der Waals surface area contributed by atoms with Gasteiger partial charge in [0.25, 0.3) is 0 Å². The molecule has 0 aromatic carbocycles. The zero-order valence-electron chi connectivity index (χ0n) is 11.1. The van der Waals surface area contributed by atoms with Crippen LogP contribution >= 0.6 is 11.3 Å². The Labute approximate surface area is 114 Å². The van der Waals surface area contributed by atoms with Gasteiger partial charge in [-0.2, -0.15) is 0 Å². The van der Waals surface area contributed by atoms with Crippen LogP contribution in [0.5, 0.6) is 0 Å². The van der Waals surface area contributed by atoms with Crippen LogP contribution in [0.1, 0.15) is 25.6 Å². The van der Waals surface area contributed by atoms with E-state index >= 15 is 0 Å². The monoisotopic (exact) mass is 290 g/mol. The Morgan fingerprint density at radius 3 is 2.61 bits per heavy atom. The molecule has 1 unspecified atom stereocenters. The van der Waals surface area contributed by atoms with Gasteiger partial charge in [0.15, 0.2) is 0 Å². The minimum Gasteiger partial charge on any atom is -0.313 e. The predicted octanol–water partition coefficient (Wildman–Crippen LogP) is 1.60. The summed E-state index contributed by atoms with van der Waals surface area (Å²) in [4.78, 5) is 1.20. The van der Waals surface area contributed by atoms with Gasteiger partial charge in [0.1, 0.15) is 0 Å². The summed E-state index contributed by atoms with van der Waals surface area (Å²) in [5.74, 6) is 0.125. The van der Waals surface area contributed by atoms with Crippen molar-refractivity contribution in [2.24, 2.45) is 0 Å². The Bertz CT molecular complexity index is 427. The Morgan fingerprint density at radius 1 is 1.33 bits per heavy atom. The fourth-order valence-electron chi connectivity index (χ4n) is 1.62. The van der Waals surface area contributed by atoms with Gasteiger partial charge in [-0.15, -0.1) is 11.3 Å². The summed E-state index contributed by atoms with van der Waals surface area (Å²) in [6.45, 7) is 6.38. The molecule has 4 nitrogen and oxygen atoms in total. The molecule has 0 amide bonds. The molecule has 18 heavy (non-hydrogen) atoms. The van der Waals surface area contributed by atoms with Gasteiger partial charge in [-0.05, 0) is 24.8 Å². The lowest BCUT2D eigenvalue weighted by atomic mass is 10.2. The van der Waals surface area contributed by atoms with E-state index in [1.54, 1.807) is 11.3 Å². The van der Waals surface area contributed by atoms with Crippen molar-refractivity contribution in [3.8, 4) is 0 Å². The van der Waals surface area contributed by atoms with Crippen molar-refractivity contribution in [3.63, 3.8) is 0 Å². The van der Waals surface area contributed by atoms with E-state index in [1.165, 1.54) is 4.88 Å². The zero-order valence-corrected chi connectivity index (χ0v) is 12.8. The minimum absolute atomic E-state index is 0.0623. The second-order valence-corrected chi connectivity index (χ2v) is 7.64. The van der Waals surface area contributed by atoms with Gasteiger partial charge in [-0.3, -0.25) is 0 Å². The second-order valence-electron chi connectivity index (χ2n) is 4.73. The first-order valence-corrected chi connectivity index (χ1v) is 8.68. The highest BCUT2D eigenvalue weighted by Gasteiger charge is 2.14. The van der Waals surface area contributed by atoms with Crippen LogP contribution in [0.4, 0.5) is 0 Å². The lowest BCUT2D eigenvalue weighted by Crippen LogP contribution is -2.39. The largest absolute Gasteiger partial charge is 0.313 e. The maximum Gasteiger partial charge on any atom is 0.213 e. The Hall–Kier alpha value is -0.430. The summed E-state index contributed by atoms with van der Waals surface area (Å²) in [6, 6.07) is 4.25. The van der Waals surface area contributed by atoms with Crippen molar-refractivity contribution in [2.45, 2.75) is 39.3 Å². The number of thiophene rings is 1. The summed E-state index contributed by atoms with van der Waals surface area (Å²) in [5, 5.41) is 5.11. The average molecular weight is 290 g/mol. The van der Waals surface area contributed by atoms with Crippen molar-refractivity contribution in [1.29, 1.82) is 0 Å². The molecule has 2 N–H and O–H groups in total. The van der Waals surface area contributed by atoms with Crippen LogP contribution in [0.25, 0.3) is 0 Å². The standard InChI is InChI=1S/C12H22N2O2S2/c1-10(2)13-6-8-18(15,16)14-11(3)9-12-5-4-7-17-12/h4-5,7,10-11,13-14H,6,8-9H2,1-3H3. The number of rotatable bonds is 8. The van der Waals surface area contributed by atoms with Crippen molar-refractivity contribution in [3.05, 3.63) is 22.4 Å². The van der Waals surface area contributed by atoms with Crippen LogP contribution in [0.15, 0.2) is 17.5 Å². The summed E-state index contributed by atoms with van der Waals surface area (Å²) in [5.41, 5.74) is 0. The van der Waals surface area contributed by atoms with Crippen LogP contribution < -0.4 is 10.0 Å². The van der Waals surface area contributed by atoms with Gasteiger partial charge in [-0.1, -0.05) is 19.9 Å². The topological polar surface area (TPSA) is 58.2 Å². The van der Waals surface area contributed by atoms with Gasteiger partial charge in [0.2, 0.25) is 10.0 Å². The Kier molecular flexibility index (Phi) is 6.28. The molecule has 0 aliphatic rings. The lowest BCUT2D eigenvalue weighted by molar-refractivity contribution is 0.550. The summed E-state index contributed by atoms with van der Waals surface area (Å²) < 4.78 is 26.3. The van der Waals surface area contributed by atoms with Crippen molar-refractivity contribution >= 4 is 21.4 Å². The first-order chi connectivity index (χ1) is 8.39. The van der Waals surface area contributed by atoms with Gasteiger partial charge in [0, 0.05) is 23.5 Å². The highest BCUT2D eigenvalue weighted by molar-refractivity contribution is 7.89. The summed E-state index contributed by atoms with van der Waals surface area (Å²) >= 11 is 1.65. The normalized spacial score (nSPS) is 14.0. The van der Waals surface area contributed by atoms with E-state index in [9.17, 15) is 8.42 Å². The van der Waals surface area contributed by atoms with Gasteiger partial charge in [0.05, 0.1) is 5.75 Å². The first-order valence-electron chi connectivity index (χ1n) is 6.15. The zero-order chi connectivity index (χ0) is 13.6. The van der Waals surface area contributed by atoms with E-state index in [0.29, 0.717) is 12.6 Å². The fraction of sp³-hybridized carbons (Fsp3) is 0.667. The molecule has 1 rings (SSSR count). The van der Waals surface area contributed by atoms with Crippen molar-refractivity contribution < 1.29 is 8.42 Å². The molecule has 0 aliphatic heterocycles. The molecule has 1 heterocycles. The van der Waals surface area contributed by atoms with Crippen LogP contribution in [-0.2, 0) is 16.4 Å². The maximum atomic E-state index is 11.8. The molecule has 1 atom stereocenters. The molecule has 0 aliphatic carbocycles. The minimum atomic E-state index is -3.19. The quantitative estimate of drug-likeness (QED) is 0.764. The first kappa shape index (κ1) is 15.6. The number of sulfonamides is 1. The van der Waals surface area contributed by atoms with Crippen LogP contribution in [0.2, 0.25) is 0 Å². The third kappa shape index (κ3) is 6.49. The molecule has 0 bridgehead atoms. The molecule has 0 saturated heterocycles. The third-order valence-corrected chi connectivity index (χ3v) is 4.79. The summed E-state index contributed by atoms with van der Waals surface area (Å²) in [7, 11) is -3.19.